The van der Waals surface area contributed by atoms with E-state index in [1.165, 1.54) is 0 Å². The molecule has 0 aliphatic carbocycles. The van der Waals surface area contributed by atoms with Crippen LogP contribution < -0.4 is 9.47 Å². The summed E-state index contributed by atoms with van der Waals surface area (Å²) >= 11 is 0. The summed E-state index contributed by atoms with van der Waals surface area (Å²) in [4.78, 5) is 13.2. The predicted octanol–water partition coefficient (Wildman–Crippen LogP) is 2.10. The topological polar surface area (TPSA) is 59.0 Å². The zero-order valence-corrected chi connectivity index (χ0v) is 12.3. The van der Waals surface area contributed by atoms with Crippen molar-refractivity contribution >= 4 is 5.97 Å². The van der Waals surface area contributed by atoms with E-state index in [0.717, 1.165) is 17.7 Å². The molecule has 0 radical (unpaired) electrons. The van der Waals surface area contributed by atoms with Crippen molar-refractivity contribution in [1.29, 1.82) is 0 Å². The van der Waals surface area contributed by atoms with E-state index in [1.54, 1.807) is 19.0 Å². The van der Waals surface area contributed by atoms with Gasteiger partial charge in [0.05, 0.1) is 6.61 Å². The highest BCUT2D eigenvalue weighted by Gasteiger charge is 2.29. The van der Waals surface area contributed by atoms with Gasteiger partial charge in [-0.05, 0) is 40.1 Å². The van der Waals surface area contributed by atoms with Gasteiger partial charge in [-0.1, -0.05) is 0 Å². The third-order valence-electron chi connectivity index (χ3n) is 3.37. The highest BCUT2D eigenvalue weighted by molar-refractivity contribution is 5.77. The molecule has 0 saturated carbocycles. The van der Waals surface area contributed by atoms with Crippen LogP contribution in [0.15, 0.2) is 12.1 Å². The number of carboxylic acids is 1. The Balaban J connectivity index is 2.50. The molecule has 1 aromatic rings. The van der Waals surface area contributed by atoms with Crippen LogP contribution in [0, 0.1) is 0 Å². The van der Waals surface area contributed by atoms with Crippen molar-refractivity contribution in [3.8, 4) is 11.5 Å². The van der Waals surface area contributed by atoms with Crippen LogP contribution in [0.2, 0.25) is 0 Å². The third kappa shape index (κ3) is 2.72. The van der Waals surface area contributed by atoms with Gasteiger partial charge < -0.3 is 14.6 Å². The molecule has 1 heterocycles. The summed E-state index contributed by atoms with van der Waals surface area (Å²) in [6, 6.07) is 2.97. The van der Waals surface area contributed by atoms with Crippen molar-refractivity contribution < 1.29 is 19.4 Å². The van der Waals surface area contributed by atoms with Crippen LogP contribution in [-0.4, -0.2) is 42.8 Å². The van der Waals surface area contributed by atoms with E-state index in [4.69, 9.17) is 9.47 Å². The van der Waals surface area contributed by atoms with E-state index in [1.807, 2.05) is 26.0 Å². The maximum atomic E-state index is 11.5. The van der Waals surface area contributed by atoms with Gasteiger partial charge in [0, 0.05) is 17.5 Å². The summed E-state index contributed by atoms with van der Waals surface area (Å²) in [7, 11) is 3.48. The fraction of sp³-hybridized carbons (Fsp3) is 0.533. The van der Waals surface area contributed by atoms with Crippen LogP contribution >= 0.6 is 0 Å². The SMILES string of the molecule is CCOc1cc2c(cc1C(C(=O)O)N(C)C)OC(C)C2. The number of carbonyl (C=O) groups is 1. The highest BCUT2D eigenvalue weighted by Crippen LogP contribution is 2.38. The van der Waals surface area contributed by atoms with Gasteiger partial charge in [0.15, 0.2) is 0 Å². The molecule has 110 valence electrons. The van der Waals surface area contributed by atoms with Gasteiger partial charge in [-0.2, -0.15) is 0 Å². The molecule has 1 aromatic carbocycles. The molecule has 2 atom stereocenters. The second-order valence-corrected chi connectivity index (χ2v) is 5.27. The van der Waals surface area contributed by atoms with Gasteiger partial charge in [0.1, 0.15) is 23.6 Å². The highest BCUT2D eigenvalue weighted by atomic mass is 16.5. The van der Waals surface area contributed by atoms with Gasteiger partial charge in [-0.3, -0.25) is 9.69 Å². The number of carboxylic acid groups (broad SMARTS) is 1. The van der Waals surface area contributed by atoms with Gasteiger partial charge in [-0.15, -0.1) is 0 Å². The van der Waals surface area contributed by atoms with E-state index >= 15 is 0 Å². The Hall–Kier alpha value is -1.75. The Bertz CT molecular complexity index is 513. The minimum Gasteiger partial charge on any atom is -0.494 e. The first-order valence-electron chi connectivity index (χ1n) is 6.79. The maximum absolute atomic E-state index is 11.5. The molecule has 2 unspecified atom stereocenters. The minimum atomic E-state index is -0.901. The van der Waals surface area contributed by atoms with Crippen LogP contribution in [0.4, 0.5) is 0 Å². The molecule has 0 bridgehead atoms. The van der Waals surface area contributed by atoms with E-state index in [-0.39, 0.29) is 6.10 Å². The molecule has 0 aromatic heterocycles. The molecule has 20 heavy (non-hydrogen) atoms. The largest absolute Gasteiger partial charge is 0.494 e. The lowest BCUT2D eigenvalue weighted by atomic mass is 10.0. The van der Waals surface area contributed by atoms with E-state index in [9.17, 15) is 9.90 Å². The van der Waals surface area contributed by atoms with E-state index in [2.05, 4.69) is 0 Å². The van der Waals surface area contributed by atoms with Crippen LogP contribution in [0.3, 0.4) is 0 Å². The zero-order valence-electron chi connectivity index (χ0n) is 12.3. The zero-order chi connectivity index (χ0) is 14.9. The van der Waals surface area contributed by atoms with Crippen LogP contribution in [0.5, 0.6) is 11.5 Å². The fourth-order valence-electron chi connectivity index (χ4n) is 2.58. The number of hydrogen-bond donors (Lipinski definition) is 1. The van der Waals surface area contributed by atoms with E-state index in [0.29, 0.717) is 17.9 Å². The van der Waals surface area contributed by atoms with Crippen molar-refractivity contribution in [2.75, 3.05) is 20.7 Å². The molecular weight excluding hydrogens is 258 g/mol. The molecule has 0 fully saturated rings. The summed E-state index contributed by atoms with van der Waals surface area (Å²) in [6.07, 6.45) is 0.951. The number of likely N-dealkylation sites (N-methyl/N-ethyl adjacent to an activating group) is 1. The summed E-state index contributed by atoms with van der Waals surface area (Å²) < 4.78 is 11.4. The third-order valence-corrected chi connectivity index (χ3v) is 3.37. The normalized spacial score (nSPS) is 18.6. The predicted molar refractivity (Wildman–Crippen MR) is 75.5 cm³/mol. The smallest absolute Gasteiger partial charge is 0.325 e. The Morgan fingerprint density at radius 3 is 2.80 bits per heavy atom. The number of fused-ring (bicyclic) bond motifs is 1. The second kappa shape index (κ2) is 5.71. The summed E-state index contributed by atoms with van der Waals surface area (Å²) in [5.41, 5.74) is 1.71. The number of ether oxygens (including phenoxy) is 2. The summed E-state index contributed by atoms with van der Waals surface area (Å²) in [6.45, 7) is 4.39. The maximum Gasteiger partial charge on any atom is 0.325 e. The molecule has 0 spiro atoms. The average Bonchev–Trinajstić information content (AvgIpc) is 2.68. The quantitative estimate of drug-likeness (QED) is 0.894. The first-order chi connectivity index (χ1) is 9.43. The van der Waals surface area contributed by atoms with Gasteiger partial charge >= 0.3 is 5.97 Å². The number of aliphatic carboxylic acids is 1. The minimum absolute atomic E-state index is 0.123. The Morgan fingerprint density at radius 2 is 2.25 bits per heavy atom. The van der Waals surface area contributed by atoms with Crippen LogP contribution in [0.25, 0.3) is 0 Å². The Kier molecular flexibility index (Phi) is 4.18. The monoisotopic (exact) mass is 279 g/mol. The van der Waals surface area contributed by atoms with Gasteiger partial charge in [0.2, 0.25) is 0 Å². The number of hydrogen-bond acceptors (Lipinski definition) is 4. The molecular formula is C15H21NO4. The summed E-state index contributed by atoms with van der Waals surface area (Å²) in [5, 5.41) is 9.45. The van der Waals surface area contributed by atoms with Crippen molar-refractivity contribution in [3.05, 3.63) is 23.3 Å². The molecule has 2 rings (SSSR count). The molecule has 0 amide bonds. The molecule has 0 saturated heterocycles. The van der Waals surface area contributed by atoms with Crippen LogP contribution in [0.1, 0.15) is 31.0 Å². The second-order valence-electron chi connectivity index (χ2n) is 5.27. The lowest BCUT2D eigenvalue weighted by Gasteiger charge is -2.23. The lowest BCUT2D eigenvalue weighted by molar-refractivity contribution is -0.142. The van der Waals surface area contributed by atoms with Gasteiger partial charge in [0.25, 0.3) is 0 Å². The first kappa shape index (κ1) is 14.7. The summed E-state index contributed by atoms with van der Waals surface area (Å²) in [5.74, 6) is 0.496. The van der Waals surface area contributed by atoms with Crippen LogP contribution in [-0.2, 0) is 11.2 Å². The molecule has 1 N–H and O–H groups in total. The van der Waals surface area contributed by atoms with E-state index < -0.39 is 12.0 Å². The molecule has 5 heteroatoms. The van der Waals surface area contributed by atoms with Crippen molar-refractivity contribution in [3.63, 3.8) is 0 Å². The number of rotatable bonds is 5. The standard InChI is InChI=1S/C15H21NO4/c1-5-19-13-7-10-6-9(2)20-12(10)8-11(13)14(15(17)18)16(3)4/h7-9,14H,5-6H2,1-4H3,(H,17,18). The van der Waals surface area contributed by atoms with Crippen molar-refractivity contribution in [2.24, 2.45) is 0 Å². The molecule has 1 aliphatic heterocycles. The molecule has 1 aliphatic rings. The van der Waals surface area contributed by atoms with Crippen molar-refractivity contribution in [1.82, 2.24) is 4.90 Å². The van der Waals surface area contributed by atoms with Gasteiger partial charge in [-0.25, -0.2) is 0 Å². The van der Waals surface area contributed by atoms with Crippen molar-refractivity contribution in [2.45, 2.75) is 32.4 Å². The fourth-order valence-corrected chi connectivity index (χ4v) is 2.58. The Morgan fingerprint density at radius 1 is 1.55 bits per heavy atom. The first-order valence-corrected chi connectivity index (χ1v) is 6.79. The Labute approximate surface area is 119 Å². The lowest BCUT2D eigenvalue weighted by Crippen LogP contribution is -2.28. The number of benzene rings is 1. The molecule has 5 nitrogen and oxygen atoms in total. The average molecular weight is 279 g/mol. The number of nitrogens with zero attached hydrogens (tertiary/aromatic N) is 1.